The number of ether oxygens (including phenoxy) is 1. The maximum absolute atomic E-state index is 11.8. The summed E-state index contributed by atoms with van der Waals surface area (Å²) in [6, 6.07) is 12.0. The van der Waals surface area contributed by atoms with Crippen LogP contribution in [0.5, 0.6) is 5.75 Å². The third kappa shape index (κ3) is 2.58. The first-order valence-corrected chi connectivity index (χ1v) is 8.61. The van der Waals surface area contributed by atoms with Gasteiger partial charge in [-0.05, 0) is 43.5 Å². The molecule has 4 rings (SSSR count). The molecule has 128 valence electrons. The highest BCUT2D eigenvalue weighted by molar-refractivity contribution is 5.86. The van der Waals surface area contributed by atoms with Crippen molar-refractivity contribution in [1.82, 2.24) is 0 Å². The molecule has 2 aromatic carbocycles. The molecule has 0 aliphatic carbocycles. The van der Waals surface area contributed by atoms with Crippen molar-refractivity contribution in [3.05, 3.63) is 69.1 Å². The Hall–Kier alpha value is -2.75. The molecule has 0 amide bonds. The largest absolute Gasteiger partial charge is 0.472 e. The summed E-state index contributed by atoms with van der Waals surface area (Å²) in [5, 5.41) is 1.01. The van der Waals surface area contributed by atoms with Gasteiger partial charge in [0.1, 0.15) is 11.3 Å². The zero-order valence-electron chi connectivity index (χ0n) is 14.8. The molecule has 1 aliphatic heterocycles. The van der Waals surface area contributed by atoms with E-state index in [9.17, 15) is 4.79 Å². The number of para-hydroxylation sites is 1. The minimum Gasteiger partial charge on any atom is -0.472 e. The fourth-order valence-electron chi connectivity index (χ4n) is 3.65. The van der Waals surface area contributed by atoms with Crippen molar-refractivity contribution < 1.29 is 9.15 Å². The van der Waals surface area contributed by atoms with E-state index in [2.05, 4.69) is 36.9 Å². The zero-order valence-corrected chi connectivity index (χ0v) is 14.8. The number of hydrogen-bond donors (Lipinski definition) is 0. The van der Waals surface area contributed by atoms with Crippen LogP contribution in [0.1, 0.15) is 29.2 Å². The molecular formula is C21H21NO3. The van der Waals surface area contributed by atoms with Crippen LogP contribution in [0.3, 0.4) is 0 Å². The Balaban J connectivity index is 1.85. The van der Waals surface area contributed by atoms with E-state index in [-0.39, 0.29) is 5.63 Å². The Morgan fingerprint density at radius 3 is 2.72 bits per heavy atom. The molecule has 1 aromatic heterocycles. The summed E-state index contributed by atoms with van der Waals surface area (Å²) in [7, 11) is 0. The van der Waals surface area contributed by atoms with Crippen LogP contribution in [-0.4, -0.2) is 6.73 Å². The topological polar surface area (TPSA) is 42.7 Å². The van der Waals surface area contributed by atoms with E-state index in [0.717, 1.165) is 40.8 Å². The van der Waals surface area contributed by atoms with Crippen LogP contribution in [0.2, 0.25) is 0 Å². The highest BCUT2D eigenvalue weighted by Gasteiger charge is 2.23. The van der Waals surface area contributed by atoms with Gasteiger partial charge in [0.2, 0.25) is 0 Å². The Bertz CT molecular complexity index is 1020. The SMILES string of the molecule is CCc1cc(=O)oc2c(C)c3c(cc12)CN(c1ccccc1C)CO3. The summed E-state index contributed by atoms with van der Waals surface area (Å²) < 4.78 is 11.5. The highest BCUT2D eigenvalue weighted by Crippen LogP contribution is 2.37. The molecule has 3 aromatic rings. The molecule has 25 heavy (non-hydrogen) atoms. The van der Waals surface area contributed by atoms with Crippen molar-refractivity contribution in [1.29, 1.82) is 0 Å². The lowest BCUT2D eigenvalue weighted by Gasteiger charge is -2.32. The van der Waals surface area contributed by atoms with Gasteiger partial charge in [-0.1, -0.05) is 25.1 Å². The number of hydrogen-bond acceptors (Lipinski definition) is 4. The maximum Gasteiger partial charge on any atom is 0.336 e. The van der Waals surface area contributed by atoms with Gasteiger partial charge in [0, 0.05) is 34.8 Å². The highest BCUT2D eigenvalue weighted by atomic mass is 16.5. The molecule has 1 aliphatic rings. The average molecular weight is 335 g/mol. The number of nitrogens with zero attached hydrogens (tertiary/aromatic N) is 1. The van der Waals surface area contributed by atoms with Crippen molar-refractivity contribution in [3.8, 4) is 5.75 Å². The summed E-state index contributed by atoms with van der Waals surface area (Å²) >= 11 is 0. The van der Waals surface area contributed by atoms with Crippen LogP contribution in [0.15, 0.2) is 45.6 Å². The Morgan fingerprint density at radius 2 is 1.96 bits per heavy atom. The monoisotopic (exact) mass is 335 g/mol. The van der Waals surface area contributed by atoms with Gasteiger partial charge in [0.15, 0.2) is 6.73 Å². The number of aryl methyl sites for hydroxylation is 3. The molecule has 0 saturated heterocycles. The van der Waals surface area contributed by atoms with E-state index in [1.807, 2.05) is 19.1 Å². The lowest BCUT2D eigenvalue weighted by Crippen LogP contribution is -2.32. The van der Waals surface area contributed by atoms with Crippen LogP contribution in [0.25, 0.3) is 11.0 Å². The fourth-order valence-corrected chi connectivity index (χ4v) is 3.65. The van der Waals surface area contributed by atoms with Gasteiger partial charge < -0.3 is 14.1 Å². The van der Waals surface area contributed by atoms with Crippen molar-refractivity contribution in [3.63, 3.8) is 0 Å². The molecule has 0 unspecified atom stereocenters. The van der Waals surface area contributed by atoms with Crippen LogP contribution in [0, 0.1) is 13.8 Å². The van der Waals surface area contributed by atoms with E-state index in [1.54, 1.807) is 6.07 Å². The van der Waals surface area contributed by atoms with Crippen LogP contribution >= 0.6 is 0 Å². The first-order valence-electron chi connectivity index (χ1n) is 8.61. The molecule has 2 heterocycles. The van der Waals surface area contributed by atoms with Crippen LogP contribution in [-0.2, 0) is 13.0 Å². The molecule has 0 atom stereocenters. The lowest BCUT2D eigenvalue weighted by atomic mass is 9.99. The van der Waals surface area contributed by atoms with Crippen LogP contribution < -0.4 is 15.3 Å². The normalized spacial score (nSPS) is 13.6. The fraction of sp³-hybridized carbons (Fsp3) is 0.286. The minimum absolute atomic E-state index is 0.301. The molecule has 0 fully saturated rings. The predicted octanol–water partition coefficient (Wildman–Crippen LogP) is 4.33. The second kappa shape index (κ2) is 5.96. The summed E-state index contributed by atoms with van der Waals surface area (Å²) in [6.07, 6.45) is 0.794. The Kier molecular flexibility index (Phi) is 3.75. The second-order valence-corrected chi connectivity index (χ2v) is 6.57. The van der Waals surface area contributed by atoms with E-state index in [1.165, 1.54) is 11.3 Å². The number of benzene rings is 2. The van der Waals surface area contributed by atoms with Crippen molar-refractivity contribution in [2.24, 2.45) is 0 Å². The van der Waals surface area contributed by atoms with Gasteiger partial charge in [-0.15, -0.1) is 0 Å². The van der Waals surface area contributed by atoms with Gasteiger partial charge in [-0.3, -0.25) is 0 Å². The molecular weight excluding hydrogens is 314 g/mol. The quantitative estimate of drug-likeness (QED) is 0.654. The van der Waals surface area contributed by atoms with Gasteiger partial charge in [-0.2, -0.15) is 0 Å². The molecule has 0 N–H and O–H groups in total. The standard InChI is InChI=1S/C21H21NO3/c1-4-15-10-19(23)25-21-14(3)20-16(9-17(15)21)11-22(12-24-20)18-8-6-5-7-13(18)2/h5-10H,4,11-12H2,1-3H3. The van der Waals surface area contributed by atoms with Gasteiger partial charge in [0.25, 0.3) is 0 Å². The molecule has 4 nitrogen and oxygen atoms in total. The van der Waals surface area contributed by atoms with Gasteiger partial charge >= 0.3 is 5.63 Å². The van der Waals surface area contributed by atoms with Crippen molar-refractivity contribution in [2.75, 3.05) is 11.6 Å². The van der Waals surface area contributed by atoms with Gasteiger partial charge in [0.05, 0.1) is 0 Å². The van der Waals surface area contributed by atoms with E-state index < -0.39 is 0 Å². The number of anilines is 1. The molecule has 0 bridgehead atoms. The second-order valence-electron chi connectivity index (χ2n) is 6.57. The lowest BCUT2D eigenvalue weighted by molar-refractivity contribution is 0.287. The molecule has 0 spiro atoms. The summed E-state index contributed by atoms with van der Waals surface area (Å²) in [4.78, 5) is 14.1. The third-order valence-corrected chi connectivity index (χ3v) is 4.94. The maximum atomic E-state index is 11.8. The molecule has 0 radical (unpaired) electrons. The van der Waals surface area contributed by atoms with E-state index in [4.69, 9.17) is 9.15 Å². The van der Waals surface area contributed by atoms with Crippen LogP contribution in [0.4, 0.5) is 5.69 Å². The van der Waals surface area contributed by atoms with Gasteiger partial charge in [-0.25, -0.2) is 4.79 Å². The Labute approximate surface area is 146 Å². The summed E-state index contributed by atoms with van der Waals surface area (Å²) in [6.45, 7) is 7.40. The number of fused-ring (bicyclic) bond motifs is 2. The first-order chi connectivity index (χ1) is 12.1. The average Bonchev–Trinajstić information content (AvgIpc) is 2.62. The molecule has 4 heteroatoms. The minimum atomic E-state index is -0.301. The number of rotatable bonds is 2. The van der Waals surface area contributed by atoms with E-state index in [0.29, 0.717) is 12.3 Å². The third-order valence-electron chi connectivity index (χ3n) is 4.94. The molecule has 0 saturated carbocycles. The Morgan fingerprint density at radius 1 is 1.16 bits per heavy atom. The summed E-state index contributed by atoms with van der Waals surface area (Å²) in [5.41, 5.74) is 5.81. The van der Waals surface area contributed by atoms with Crippen molar-refractivity contribution >= 4 is 16.7 Å². The van der Waals surface area contributed by atoms with E-state index >= 15 is 0 Å². The van der Waals surface area contributed by atoms with Crippen molar-refractivity contribution in [2.45, 2.75) is 33.7 Å². The summed E-state index contributed by atoms with van der Waals surface area (Å²) in [5.74, 6) is 0.841. The smallest absolute Gasteiger partial charge is 0.336 e. The zero-order chi connectivity index (χ0) is 17.6. The predicted molar refractivity (Wildman–Crippen MR) is 99.5 cm³/mol. The first kappa shape index (κ1) is 15.8.